The van der Waals surface area contributed by atoms with Crippen LogP contribution in [0, 0.1) is 0 Å². The summed E-state index contributed by atoms with van der Waals surface area (Å²) >= 11 is 5.92. The van der Waals surface area contributed by atoms with Gasteiger partial charge in [-0.15, -0.1) is 0 Å². The van der Waals surface area contributed by atoms with Crippen LogP contribution in [0.4, 0.5) is 0 Å². The van der Waals surface area contributed by atoms with Gasteiger partial charge in [-0.1, -0.05) is 42.8 Å². The third-order valence-electron chi connectivity index (χ3n) is 3.27. The minimum atomic E-state index is -0.181. The molecule has 0 aliphatic rings. The molecule has 2 nitrogen and oxygen atoms in total. The van der Waals surface area contributed by atoms with Gasteiger partial charge in [0.25, 0.3) is 0 Å². The highest BCUT2D eigenvalue weighted by molar-refractivity contribution is 6.30. The van der Waals surface area contributed by atoms with Crippen molar-refractivity contribution in [3.8, 4) is 5.75 Å². The first-order valence-corrected chi connectivity index (χ1v) is 7.24. The number of halogens is 1. The Kier molecular flexibility index (Phi) is 5.05. The normalized spacial score (nSPS) is 13.8. The van der Waals surface area contributed by atoms with Gasteiger partial charge in [0, 0.05) is 11.1 Å². The molecule has 2 atom stereocenters. The van der Waals surface area contributed by atoms with E-state index in [1.54, 1.807) is 0 Å². The highest BCUT2D eigenvalue weighted by atomic mass is 35.5. The lowest BCUT2D eigenvalue weighted by atomic mass is 10.0. The molecule has 0 radical (unpaired) electrons. The van der Waals surface area contributed by atoms with Crippen LogP contribution in [0.3, 0.4) is 0 Å². The predicted molar refractivity (Wildman–Crippen MR) is 84.3 cm³/mol. The SMILES string of the molecule is CCc1ccc(OC(c2ccc(Cl)cc2)C(C)N)cc1. The molecular formula is C17H20ClNO. The third-order valence-corrected chi connectivity index (χ3v) is 3.52. The van der Waals surface area contributed by atoms with Crippen molar-refractivity contribution in [3.63, 3.8) is 0 Å². The Morgan fingerprint density at radius 2 is 1.65 bits per heavy atom. The molecule has 0 amide bonds. The molecule has 3 heteroatoms. The van der Waals surface area contributed by atoms with Crippen LogP contribution < -0.4 is 10.5 Å². The first kappa shape index (κ1) is 14.9. The van der Waals surface area contributed by atoms with E-state index in [-0.39, 0.29) is 12.1 Å². The highest BCUT2D eigenvalue weighted by Gasteiger charge is 2.18. The summed E-state index contributed by atoms with van der Waals surface area (Å²) in [5.74, 6) is 0.833. The standard InChI is InChI=1S/C17H20ClNO/c1-3-13-4-10-16(11-5-13)20-17(12(2)19)14-6-8-15(18)9-7-14/h4-12,17H,3,19H2,1-2H3. The summed E-state index contributed by atoms with van der Waals surface area (Å²) < 4.78 is 6.03. The molecule has 2 N–H and O–H groups in total. The van der Waals surface area contributed by atoms with E-state index in [0.29, 0.717) is 5.02 Å². The average molecular weight is 290 g/mol. The zero-order valence-corrected chi connectivity index (χ0v) is 12.6. The van der Waals surface area contributed by atoms with E-state index < -0.39 is 0 Å². The van der Waals surface area contributed by atoms with Gasteiger partial charge in [0.2, 0.25) is 0 Å². The third kappa shape index (κ3) is 3.75. The van der Waals surface area contributed by atoms with Crippen LogP contribution in [0.5, 0.6) is 5.75 Å². The molecule has 106 valence electrons. The van der Waals surface area contributed by atoms with E-state index in [2.05, 4.69) is 19.1 Å². The molecule has 0 fully saturated rings. The minimum absolute atomic E-state index is 0.109. The summed E-state index contributed by atoms with van der Waals surface area (Å²) in [5, 5.41) is 0.712. The van der Waals surface area contributed by atoms with Crippen molar-refractivity contribution < 1.29 is 4.74 Å². The maximum absolute atomic E-state index is 6.05. The number of aryl methyl sites for hydroxylation is 1. The summed E-state index contributed by atoms with van der Waals surface area (Å²) in [4.78, 5) is 0. The summed E-state index contributed by atoms with van der Waals surface area (Å²) in [7, 11) is 0. The molecule has 0 spiro atoms. The van der Waals surface area contributed by atoms with Crippen molar-refractivity contribution in [2.75, 3.05) is 0 Å². The zero-order valence-electron chi connectivity index (χ0n) is 11.8. The molecule has 0 aliphatic carbocycles. The summed E-state index contributed by atoms with van der Waals surface area (Å²) in [5.41, 5.74) is 8.38. The molecule has 20 heavy (non-hydrogen) atoms. The molecule has 0 aliphatic heterocycles. The number of nitrogens with two attached hydrogens (primary N) is 1. The average Bonchev–Trinajstić information content (AvgIpc) is 2.46. The van der Waals surface area contributed by atoms with Crippen LogP contribution in [-0.4, -0.2) is 6.04 Å². The Morgan fingerprint density at radius 1 is 1.05 bits per heavy atom. The Morgan fingerprint density at radius 3 is 2.15 bits per heavy atom. The van der Waals surface area contributed by atoms with Crippen LogP contribution in [0.25, 0.3) is 0 Å². The van der Waals surface area contributed by atoms with Gasteiger partial charge < -0.3 is 10.5 Å². The maximum atomic E-state index is 6.05. The Bertz CT molecular complexity index is 534. The van der Waals surface area contributed by atoms with Crippen LogP contribution in [0.15, 0.2) is 48.5 Å². The van der Waals surface area contributed by atoms with Crippen LogP contribution in [-0.2, 0) is 6.42 Å². The zero-order chi connectivity index (χ0) is 14.5. The van der Waals surface area contributed by atoms with Gasteiger partial charge in [-0.2, -0.15) is 0 Å². The van der Waals surface area contributed by atoms with Crippen LogP contribution >= 0.6 is 11.6 Å². The lowest BCUT2D eigenvalue weighted by Gasteiger charge is -2.23. The van der Waals surface area contributed by atoms with Crippen molar-refractivity contribution in [2.45, 2.75) is 32.4 Å². The fourth-order valence-electron chi connectivity index (χ4n) is 2.08. The van der Waals surface area contributed by atoms with Crippen LogP contribution in [0.2, 0.25) is 5.02 Å². The predicted octanol–water partition coefficient (Wildman–Crippen LogP) is 4.37. The molecule has 2 aromatic carbocycles. The molecule has 0 heterocycles. The van der Waals surface area contributed by atoms with E-state index in [9.17, 15) is 0 Å². The monoisotopic (exact) mass is 289 g/mol. The fourth-order valence-corrected chi connectivity index (χ4v) is 2.21. The molecule has 0 saturated heterocycles. The maximum Gasteiger partial charge on any atom is 0.138 e. The first-order valence-electron chi connectivity index (χ1n) is 6.86. The number of hydrogen-bond donors (Lipinski definition) is 1. The van der Waals surface area contributed by atoms with Gasteiger partial charge in [-0.3, -0.25) is 0 Å². The van der Waals surface area contributed by atoms with Gasteiger partial charge in [0.1, 0.15) is 11.9 Å². The summed E-state index contributed by atoms with van der Waals surface area (Å²) in [6.07, 6.45) is 0.841. The second kappa shape index (κ2) is 6.78. The second-order valence-electron chi connectivity index (χ2n) is 4.95. The van der Waals surface area contributed by atoms with E-state index in [1.807, 2.05) is 43.3 Å². The molecule has 2 rings (SSSR count). The topological polar surface area (TPSA) is 35.2 Å². The Hall–Kier alpha value is -1.51. The summed E-state index contributed by atoms with van der Waals surface area (Å²) in [6.45, 7) is 4.08. The van der Waals surface area contributed by atoms with Crippen molar-refractivity contribution in [1.82, 2.24) is 0 Å². The second-order valence-corrected chi connectivity index (χ2v) is 5.38. The van der Waals surface area contributed by atoms with E-state index in [4.69, 9.17) is 22.1 Å². The molecule has 2 unspecified atom stereocenters. The van der Waals surface area contributed by atoms with E-state index in [0.717, 1.165) is 17.7 Å². The Balaban J connectivity index is 2.18. The van der Waals surface area contributed by atoms with Gasteiger partial charge in [-0.05, 0) is 48.7 Å². The number of rotatable bonds is 5. The quantitative estimate of drug-likeness (QED) is 0.887. The van der Waals surface area contributed by atoms with Gasteiger partial charge in [0.05, 0.1) is 0 Å². The lowest BCUT2D eigenvalue weighted by molar-refractivity contribution is 0.180. The molecule has 0 bridgehead atoms. The largest absolute Gasteiger partial charge is 0.484 e. The van der Waals surface area contributed by atoms with E-state index in [1.165, 1.54) is 5.56 Å². The Labute approximate surface area is 125 Å². The van der Waals surface area contributed by atoms with Gasteiger partial charge in [-0.25, -0.2) is 0 Å². The molecule has 2 aromatic rings. The number of ether oxygens (including phenoxy) is 1. The van der Waals surface area contributed by atoms with Crippen molar-refractivity contribution in [1.29, 1.82) is 0 Å². The smallest absolute Gasteiger partial charge is 0.138 e. The van der Waals surface area contributed by atoms with Gasteiger partial charge >= 0.3 is 0 Å². The lowest BCUT2D eigenvalue weighted by Crippen LogP contribution is -2.29. The van der Waals surface area contributed by atoms with E-state index >= 15 is 0 Å². The van der Waals surface area contributed by atoms with Crippen molar-refractivity contribution >= 4 is 11.6 Å². The number of benzene rings is 2. The molecule has 0 saturated carbocycles. The first-order chi connectivity index (χ1) is 9.60. The fraction of sp³-hybridized carbons (Fsp3) is 0.294. The minimum Gasteiger partial charge on any atom is -0.484 e. The van der Waals surface area contributed by atoms with Gasteiger partial charge in [0.15, 0.2) is 0 Å². The molecular weight excluding hydrogens is 270 g/mol. The van der Waals surface area contributed by atoms with Crippen molar-refractivity contribution in [2.24, 2.45) is 5.73 Å². The number of hydrogen-bond acceptors (Lipinski definition) is 2. The molecule has 0 aromatic heterocycles. The highest BCUT2D eigenvalue weighted by Crippen LogP contribution is 2.25. The van der Waals surface area contributed by atoms with Crippen LogP contribution in [0.1, 0.15) is 31.1 Å². The van der Waals surface area contributed by atoms with Crippen molar-refractivity contribution in [3.05, 3.63) is 64.7 Å². The summed E-state index contributed by atoms with van der Waals surface area (Å²) in [6, 6.07) is 15.7.